The van der Waals surface area contributed by atoms with Crippen LogP contribution in [0.4, 0.5) is 0 Å². The van der Waals surface area contributed by atoms with Gasteiger partial charge in [-0.15, -0.1) is 0 Å². The molecule has 26 heavy (non-hydrogen) atoms. The van der Waals surface area contributed by atoms with Crippen LogP contribution in [0.25, 0.3) is 0 Å². The Morgan fingerprint density at radius 2 is 1.92 bits per heavy atom. The summed E-state index contributed by atoms with van der Waals surface area (Å²) < 4.78 is 10.9. The normalized spacial score (nSPS) is 34.4. The van der Waals surface area contributed by atoms with Gasteiger partial charge < -0.3 is 9.47 Å². The van der Waals surface area contributed by atoms with Gasteiger partial charge in [0.05, 0.1) is 0 Å². The first-order valence-electron chi connectivity index (χ1n) is 9.55. The van der Waals surface area contributed by atoms with E-state index in [-0.39, 0.29) is 23.5 Å². The molecule has 0 bridgehead atoms. The molecule has 0 saturated heterocycles. The smallest absolute Gasteiger partial charge is 0.308 e. The van der Waals surface area contributed by atoms with Crippen LogP contribution in [0, 0.1) is 17.3 Å². The molecule has 1 aromatic rings. The summed E-state index contributed by atoms with van der Waals surface area (Å²) >= 11 is 0. The molecule has 0 aliphatic heterocycles. The van der Waals surface area contributed by atoms with Gasteiger partial charge in [-0.05, 0) is 72.8 Å². The lowest BCUT2D eigenvalue weighted by atomic mass is 9.55. The van der Waals surface area contributed by atoms with Crippen LogP contribution in [-0.2, 0) is 20.7 Å². The first-order chi connectivity index (χ1) is 12.4. The Balaban J connectivity index is 1.59. The van der Waals surface area contributed by atoms with Crippen LogP contribution in [0.2, 0.25) is 0 Å². The molecule has 0 amide bonds. The monoisotopic (exact) mass is 354 g/mol. The van der Waals surface area contributed by atoms with Crippen LogP contribution < -0.4 is 4.74 Å². The van der Waals surface area contributed by atoms with E-state index in [1.165, 1.54) is 25.0 Å². The van der Waals surface area contributed by atoms with Crippen molar-refractivity contribution in [3.8, 4) is 5.75 Å². The van der Waals surface area contributed by atoms with E-state index in [1.807, 2.05) is 12.1 Å². The third kappa shape index (κ3) is 2.76. The molecule has 0 radical (unpaired) electrons. The molecule has 4 nitrogen and oxygen atoms in total. The highest BCUT2D eigenvalue weighted by atomic mass is 16.5. The highest BCUT2D eigenvalue weighted by Crippen LogP contribution is 2.59. The number of allylic oxidation sites excluding steroid dienone is 1. The summed E-state index contributed by atoms with van der Waals surface area (Å²) in [5.74, 6) is 1.73. The maximum Gasteiger partial charge on any atom is 0.308 e. The molecule has 4 heteroatoms. The van der Waals surface area contributed by atoms with Gasteiger partial charge in [-0.2, -0.15) is 0 Å². The summed E-state index contributed by atoms with van der Waals surface area (Å²) in [5, 5.41) is 0. The zero-order chi connectivity index (χ0) is 18.5. The maximum absolute atomic E-state index is 11.5. The van der Waals surface area contributed by atoms with E-state index in [1.54, 1.807) is 0 Å². The summed E-state index contributed by atoms with van der Waals surface area (Å²) in [6, 6.07) is 6.10. The number of esters is 2. The van der Waals surface area contributed by atoms with E-state index < -0.39 is 0 Å². The van der Waals surface area contributed by atoms with E-state index in [4.69, 9.17) is 9.47 Å². The Kier molecular flexibility index (Phi) is 4.17. The molecule has 0 heterocycles. The van der Waals surface area contributed by atoms with E-state index in [9.17, 15) is 9.59 Å². The van der Waals surface area contributed by atoms with Crippen molar-refractivity contribution in [2.45, 2.75) is 58.5 Å². The Labute approximate surface area is 154 Å². The zero-order valence-corrected chi connectivity index (χ0v) is 15.7. The Morgan fingerprint density at radius 1 is 1.12 bits per heavy atom. The summed E-state index contributed by atoms with van der Waals surface area (Å²) in [5.41, 5.74) is 2.73. The van der Waals surface area contributed by atoms with Crippen molar-refractivity contribution >= 4 is 11.9 Å². The van der Waals surface area contributed by atoms with Crippen molar-refractivity contribution in [2.75, 3.05) is 0 Å². The number of carbonyl (C=O) groups excluding carboxylic acids is 2. The second-order valence-corrected chi connectivity index (χ2v) is 8.25. The van der Waals surface area contributed by atoms with Crippen molar-refractivity contribution in [2.24, 2.45) is 17.3 Å². The zero-order valence-electron chi connectivity index (χ0n) is 15.7. The standard InChI is InChI=1S/C22H26O4/c1-13(23)25-16-5-7-17-15(12-16)4-6-19-18(17)10-11-22(3)20(19)8-9-21(22)26-14(2)24/h5,7-9,12,18-21H,4,6,10-11H2,1-3H3. The molecule has 1 aromatic carbocycles. The molecule has 0 spiro atoms. The van der Waals surface area contributed by atoms with E-state index in [0.717, 1.165) is 25.7 Å². The third-order valence-corrected chi connectivity index (χ3v) is 6.69. The fourth-order valence-corrected chi connectivity index (χ4v) is 5.55. The third-order valence-electron chi connectivity index (χ3n) is 6.69. The van der Waals surface area contributed by atoms with Gasteiger partial charge in [0.25, 0.3) is 0 Å². The van der Waals surface area contributed by atoms with Crippen LogP contribution in [0.1, 0.15) is 57.1 Å². The van der Waals surface area contributed by atoms with Gasteiger partial charge in [0.2, 0.25) is 0 Å². The number of carbonyl (C=O) groups is 2. The summed E-state index contributed by atoms with van der Waals surface area (Å²) in [4.78, 5) is 22.7. The van der Waals surface area contributed by atoms with Gasteiger partial charge in [-0.1, -0.05) is 19.1 Å². The molecular formula is C22H26O4. The van der Waals surface area contributed by atoms with E-state index in [0.29, 0.717) is 23.5 Å². The van der Waals surface area contributed by atoms with Crippen LogP contribution in [0.5, 0.6) is 5.75 Å². The first kappa shape index (κ1) is 17.3. The van der Waals surface area contributed by atoms with Crippen molar-refractivity contribution < 1.29 is 19.1 Å². The Hall–Kier alpha value is -2.10. The minimum absolute atomic E-state index is 0.0159. The van der Waals surface area contributed by atoms with Gasteiger partial charge in [-0.3, -0.25) is 9.59 Å². The fourth-order valence-electron chi connectivity index (χ4n) is 5.55. The van der Waals surface area contributed by atoms with Crippen molar-refractivity contribution in [1.29, 1.82) is 0 Å². The van der Waals surface area contributed by atoms with Crippen molar-refractivity contribution in [3.05, 3.63) is 41.5 Å². The minimum atomic E-state index is -0.278. The molecule has 1 fully saturated rings. The number of hydrogen-bond donors (Lipinski definition) is 0. The molecule has 1 saturated carbocycles. The second kappa shape index (κ2) is 6.26. The average molecular weight is 354 g/mol. The van der Waals surface area contributed by atoms with Crippen molar-refractivity contribution in [3.63, 3.8) is 0 Å². The number of ether oxygens (including phenoxy) is 2. The maximum atomic E-state index is 11.5. The number of rotatable bonds is 2. The van der Waals surface area contributed by atoms with Crippen molar-refractivity contribution in [1.82, 2.24) is 0 Å². The predicted octanol–water partition coefficient (Wildman–Crippen LogP) is 4.18. The van der Waals surface area contributed by atoms with E-state index in [2.05, 4.69) is 25.1 Å². The predicted molar refractivity (Wildman–Crippen MR) is 97.8 cm³/mol. The molecular weight excluding hydrogens is 328 g/mol. The lowest BCUT2D eigenvalue weighted by Crippen LogP contribution is -2.45. The Bertz CT molecular complexity index is 780. The highest BCUT2D eigenvalue weighted by Gasteiger charge is 2.53. The lowest BCUT2D eigenvalue weighted by molar-refractivity contribution is -0.152. The van der Waals surface area contributed by atoms with Gasteiger partial charge in [-0.25, -0.2) is 0 Å². The van der Waals surface area contributed by atoms with Crippen LogP contribution in [0.3, 0.4) is 0 Å². The molecule has 4 rings (SSSR count). The average Bonchev–Trinajstić information content (AvgIpc) is 2.90. The lowest BCUT2D eigenvalue weighted by Gasteiger charge is -2.50. The van der Waals surface area contributed by atoms with Gasteiger partial charge in [0, 0.05) is 19.3 Å². The first-order valence-corrected chi connectivity index (χ1v) is 9.55. The molecule has 5 atom stereocenters. The second-order valence-electron chi connectivity index (χ2n) is 8.25. The molecule has 138 valence electrons. The highest BCUT2D eigenvalue weighted by molar-refractivity contribution is 5.69. The quantitative estimate of drug-likeness (QED) is 0.454. The largest absolute Gasteiger partial charge is 0.458 e. The Morgan fingerprint density at radius 3 is 2.65 bits per heavy atom. The molecule has 0 aromatic heterocycles. The number of benzene rings is 1. The van der Waals surface area contributed by atoms with E-state index >= 15 is 0 Å². The van der Waals surface area contributed by atoms with Crippen LogP contribution >= 0.6 is 0 Å². The minimum Gasteiger partial charge on any atom is -0.458 e. The summed E-state index contributed by atoms with van der Waals surface area (Å²) in [7, 11) is 0. The summed E-state index contributed by atoms with van der Waals surface area (Å²) in [6.45, 7) is 5.21. The number of fused-ring (bicyclic) bond motifs is 5. The van der Waals surface area contributed by atoms with Gasteiger partial charge in [0.1, 0.15) is 11.9 Å². The van der Waals surface area contributed by atoms with Crippen LogP contribution in [-0.4, -0.2) is 18.0 Å². The molecule has 3 aliphatic carbocycles. The van der Waals surface area contributed by atoms with Gasteiger partial charge >= 0.3 is 11.9 Å². The topological polar surface area (TPSA) is 52.6 Å². The SMILES string of the molecule is CC(=O)Oc1ccc2c(c1)CCC1C2CCC2(C)C(OC(C)=O)C=CC12. The number of aryl methyl sites for hydroxylation is 1. The molecule has 0 N–H and O–H groups in total. The fraction of sp³-hybridized carbons (Fsp3) is 0.545. The summed E-state index contributed by atoms with van der Waals surface area (Å²) in [6.07, 6.45) is 8.59. The van der Waals surface area contributed by atoms with Gasteiger partial charge in [0.15, 0.2) is 0 Å². The number of hydrogen-bond acceptors (Lipinski definition) is 4. The van der Waals surface area contributed by atoms with Crippen LogP contribution in [0.15, 0.2) is 30.4 Å². The molecule has 5 unspecified atom stereocenters. The molecule has 3 aliphatic rings.